The summed E-state index contributed by atoms with van der Waals surface area (Å²) in [5.74, 6) is -0.386. The van der Waals surface area contributed by atoms with E-state index in [1.165, 1.54) is 12.1 Å². The molecule has 7 heteroatoms. The van der Waals surface area contributed by atoms with Crippen molar-refractivity contribution in [3.05, 3.63) is 66.5 Å². The zero-order valence-electron chi connectivity index (χ0n) is 13.6. The Bertz CT molecular complexity index is 856. The third-order valence-electron chi connectivity index (χ3n) is 4.48. The number of rotatable bonds is 3. The van der Waals surface area contributed by atoms with Crippen LogP contribution in [0.5, 0.6) is 0 Å². The van der Waals surface area contributed by atoms with Crippen LogP contribution in [0.15, 0.2) is 55.0 Å². The van der Waals surface area contributed by atoms with Crippen molar-refractivity contribution in [1.82, 2.24) is 24.5 Å². The number of nitrogens with zero attached hydrogens (tertiary/aromatic N) is 5. The lowest BCUT2D eigenvalue weighted by Crippen LogP contribution is -2.41. The number of hydrogen-bond acceptors (Lipinski definition) is 3. The molecular formula is C18H18FN5O. The standard InChI is InChI=1S/C18H18FN5O/c19-14-4-6-15(7-5-14)24-12-8-17(21-24)18(25)22-10-1-3-16(13-22)23-11-2-9-20-23/h2,4-9,11-12,16H,1,3,10,13H2/t16-/m0/s1. The predicted molar refractivity (Wildman–Crippen MR) is 89.9 cm³/mol. The van der Waals surface area contributed by atoms with Crippen molar-refractivity contribution < 1.29 is 9.18 Å². The number of carbonyl (C=O) groups is 1. The number of piperidine rings is 1. The molecule has 25 heavy (non-hydrogen) atoms. The smallest absolute Gasteiger partial charge is 0.274 e. The Kier molecular flexibility index (Phi) is 4.05. The Morgan fingerprint density at radius 2 is 2.00 bits per heavy atom. The van der Waals surface area contributed by atoms with E-state index >= 15 is 0 Å². The van der Waals surface area contributed by atoms with E-state index in [9.17, 15) is 9.18 Å². The molecule has 0 radical (unpaired) electrons. The number of carbonyl (C=O) groups excluding carboxylic acids is 1. The number of aromatic nitrogens is 4. The highest BCUT2D eigenvalue weighted by molar-refractivity contribution is 5.92. The molecule has 4 rings (SSSR count). The van der Waals surface area contributed by atoms with E-state index in [0.717, 1.165) is 19.4 Å². The molecule has 0 N–H and O–H groups in total. The Hall–Kier alpha value is -2.96. The maximum absolute atomic E-state index is 13.0. The van der Waals surface area contributed by atoms with Gasteiger partial charge in [-0.3, -0.25) is 9.48 Å². The fraction of sp³-hybridized carbons (Fsp3) is 0.278. The minimum Gasteiger partial charge on any atom is -0.335 e. The lowest BCUT2D eigenvalue weighted by atomic mass is 10.1. The largest absolute Gasteiger partial charge is 0.335 e. The van der Waals surface area contributed by atoms with E-state index in [1.54, 1.807) is 35.3 Å². The molecule has 0 spiro atoms. The monoisotopic (exact) mass is 339 g/mol. The first-order valence-electron chi connectivity index (χ1n) is 8.31. The Balaban J connectivity index is 1.50. The van der Waals surface area contributed by atoms with E-state index in [-0.39, 0.29) is 17.8 Å². The van der Waals surface area contributed by atoms with Gasteiger partial charge in [0, 0.05) is 31.7 Å². The minimum atomic E-state index is -0.301. The van der Waals surface area contributed by atoms with Crippen LogP contribution in [-0.4, -0.2) is 43.5 Å². The highest BCUT2D eigenvalue weighted by atomic mass is 19.1. The van der Waals surface area contributed by atoms with Crippen molar-refractivity contribution >= 4 is 5.91 Å². The fourth-order valence-electron chi connectivity index (χ4n) is 3.19. The molecule has 0 unspecified atom stereocenters. The third-order valence-corrected chi connectivity index (χ3v) is 4.48. The average molecular weight is 339 g/mol. The highest BCUT2D eigenvalue weighted by Gasteiger charge is 2.26. The van der Waals surface area contributed by atoms with Crippen LogP contribution in [0.3, 0.4) is 0 Å². The fourth-order valence-corrected chi connectivity index (χ4v) is 3.19. The molecule has 1 amide bonds. The molecule has 0 aliphatic carbocycles. The molecule has 1 aliphatic rings. The van der Waals surface area contributed by atoms with Crippen molar-refractivity contribution in [2.45, 2.75) is 18.9 Å². The van der Waals surface area contributed by atoms with Crippen molar-refractivity contribution in [1.29, 1.82) is 0 Å². The first kappa shape index (κ1) is 15.6. The average Bonchev–Trinajstić information content (AvgIpc) is 3.34. The molecule has 1 aromatic carbocycles. The molecule has 1 saturated heterocycles. The van der Waals surface area contributed by atoms with E-state index in [0.29, 0.717) is 17.9 Å². The quantitative estimate of drug-likeness (QED) is 0.737. The van der Waals surface area contributed by atoms with Crippen LogP contribution in [0.25, 0.3) is 5.69 Å². The molecule has 2 aromatic heterocycles. The molecule has 0 saturated carbocycles. The summed E-state index contributed by atoms with van der Waals surface area (Å²) in [5.41, 5.74) is 1.11. The van der Waals surface area contributed by atoms with Crippen molar-refractivity contribution in [3.63, 3.8) is 0 Å². The molecule has 0 bridgehead atoms. The van der Waals surface area contributed by atoms with Gasteiger partial charge in [0.1, 0.15) is 5.82 Å². The Morgan fingerprint density at radius 1 is 1.16 bits per heavy atom. The number of amides is 1. The lowest BCUT2D eigenvalue weighted by Gasteiger charge is -2.32. The number of likely N-dealkylation sites (tertiary alicyclic amines) is 1. The predicted octanol–water partition coefficient (Wildman–Crippen LogP) is 2.69. The number of hydrogen-bond donors (Lipinski definition) is 0. The number of halogens is 1. The molecule has 6 nitrogen and oxygen atoms in total. The summed E-state index contributed by atoms with van der Waals surface area (Å²) in [6, 6.07) is 9.80. The van der Waals surface area contributed by atoms with Crippen LogP contribution >= 0.6 is 0 Å². The maximum Gasteiger partial charge on any atom is 0.274 e. The molecule has 1 aliphatic heterocycles. The second-order valence-electron chi connectivity index (χ2n) is 6.16. The molecular weight excluding hydrogens is 321 g/mol. The zero-order valence-corrected chi connectivity index (χ0v) is 13.6. The maximum atomic E-state index is 13.0. The summed E-state index contributed by atoms with van der Waals surface area (Å²) in [4.78, 5) is 14.6. The second-order valence-corrected chi connectivity index (χ2v) is 6.16. The van der Waals surface area contributed by atoms with Crippen LogP contribution in [0, 0.1) is 5.82 Å². The van der Waals surface area contributed by atoms with Crippen LogP contribution in [-0.2, 0) is 0 Å². The summed E-state index contributed by atoms with van der Waals surface area (Å²) in [6.45, 7) is 1.35. The van der Waals surface area contributed by atoms with Gasteiger partial charge >= 0.3 is 0 Å². The van der Waals surface area contributed by atoms with Crippen LogP contribution in [0.1, 0.15) is 29.4 Å². The van der Waals surface area contributed by atoms with E-state index in [1.807, 2.05) is 21.8 Å². The Morgan fingerprint density at radius 3 is 2.76 bits per heavy atom. The van der Waals surface area contributed by atoms with Gasteiger partial charge in [-0.15, -0.1) is 0 Å². The van der Waals surface area contributed by atoms with Crippen molar-refractivity contribution in [2.75, 3.05) is 13.1 Å². The van der Waals surface area contributed by atoms with Crippen molar-refractivity contribution in [3.8, 4) is 5.69 Å². The summed E-state index contributed by atoms with van der Waals surface area (Å²) in [6.07, 6.45) is 7.35. The van der Waals surface area contributed by atoms with E-state index < -0.39 is 0 Å². The molecule has 1 atom stereocenters. The lowest BCUT2D eigenvalue weighted by molar-refractivity contribution is 0.0666. The first-order chi connectivity index (χ1) is 12.2. The van der Waals surface area contributed by atoms with E-state index in [4.69, 9.17) is 0 Å². The van der Waals surface area contributed by atoms with Crippen molar-refractivity contribution in [2.24, 2.45) is 0 Å². The Labute approximate surface area is 144 Å². The number of benzene rings is 1. The van der Waals surface area contributed by atoms with Crippen LogP contribution in [0.2, 0.25) is 0 Å². The summed E-state index contributed by atoms with van der Waals surface area (Å²) in [7, 11) is 0. The molecule has 1 fully saturated rings. The van der Waals surface area contributed by atoms with Gasteiger partial charge in [0.05, 0.1) is 11.7 Å². The minimum absolute atomic E-state index is 0.0854. The summed E-state index contributed by atoms with van der Waals surface area (Å²) in [5, 5.41) is 8.64. The van der Waals surface area contributed by atoms with Crippen LogP contribution < -0.4 is 0 Å². The van der Waals surface area contributed by atoms with Gasteiger partial charge in [0.2, 0.25) is 0 Å². The first-order valence-corrected chi connectivity index (χ1v) is 8.31. The van der Waals surface area contributed by atoms with E-state index in [2.05, 4.69) is 10.2 Å². The topological polar surface area (TPSA) is 56.0 Å². The molecule has 3 aromatic rings. The highest BCUT2D eigenvalue weighted by Crippen LogP contribution is 2.22. The van der Waals surface area contributed by atoms with Crippen LogP contribution in [0.4, 0.5) is 4.39 Å². The van der Waals surface area contributed by atoms with Gasteiger partial charge in [-0.2, -0.15) is 10.2 Å². The second kappa shape index (κ2) is 6.51. The molecule has 3 heterocycles. The van der Waals surface area contributed by atoms with Gasteiger partial charge in [-0.1, -0.05) is 0 Å². The van der Waals surface area contributed by atoms with Gasteiger partial charge in [0.15, 0.2) is 5.69 Å². The normalized spacial score (nSPS) is 17.6. The molecule has 128 valence electrons. The summed E-state index contributed by atoms with van der Waals surface area (Å²) >= 11 is 0. The summed E-state index contributed by atoms with van der Waals surface area (Å²) < 4.78 is 16.5. The van der Waals surface area contributed by atoms with Gasteiger partial charge in [-0.05, 0) is 49.2 Å². The SMILES string of the molecule is O=C(c1ccn(-c2ccc(F)cc2)n1)N1CCC[C@H](n2cccn2)C1. The van der Waals surface area contributed by atoms with Gasteiger partial charge in [0.25, 0.3) is 5.91 Å². The zero-order chi connectivity index (χ0) is 17.2. The van der Waals surface area contributed by atoms with Gasteiger partial charge < -0.3 is 4.90 Å². The van der Waals surface area contributed by atoms with Gasteiger partial charge in [-0.25, -0.2) is 9.07 Å². The third kappa shape index (κ3) is 3.17.